The van der Waals surface area contributed by atoms with Crippen LogP contribution in [0, 0.1) is 17.0 Å². The lowest BCUT2D eigenvalue weighted by molar-refractivity contribution is -0.384. The fourth-order valence-electron chi connectivity index (χ4n) is 1.75. The van der Waals surface area contributed by atoms with Crippen molar-refractivity contribution >= 4 is 11.4 Å². The highest BCUT2D eigenvalue weighted by Crippen LogP contribution is 2.21. The summed E-state index contributed by atoms with van der Waals surface area (Å²) in [7, 11) is 0. The van der Waals surface area contributed by atoms with E-state index in [1.807, 2.05) is 19.1 Å². The first-order chi connectivity index (χ1) is 9.06. The van der Waals surface area contributed by atoms with Crippen molar-refractivity contribution in [2.75, 3.05) is 5.32 Å². The Morgan fingerprint density at radius 3 is 2.53 bits per heavy atom. The van der Waals surface area contributed by atoms with E-state index < -0.39 is 4.92 Å². The average Bonchev–Trinajstić information content (AvgIpc) is 2.40. The van der Waals surface area contributed by atoms with Crippen molar-refractivity contribution < 1.29 is 10.0 Å². The van der Waals surface area contributed by atoms with E-state index in [0.717, 1.165) is 16.8 Å². The van der Waals surface area contributed by atoms with E-state index in [-0.39, 0.29) is 11.4 Å². The van der Waals surface area contributed by atoms with Crippen LogP contribution in [0.1, 0.15) is 11.1 Å². The van der Waals surface area contributed by atoms with Crippen LogP contribution in [-0.2, 0) is 6.54 Å². The van der Waals surface area contributed by atoms with Gasteiger partial charge in [-0.15, -0.1) is 0 Å². The zero-order valence-corrected chi connectivity index (χ0v) is 10.5. The van der Waals surface area contributed by atoms with Crippen LogP contribution in [0.15, 0.2) is 42.5 Å². The first-order valence-corrected chi connectivity index (χ1v) is 5.83. The van der Waals surface area contributed by atoms with Crippen molar-refractivity contribution in [3.8, 4) is 5.75 Å². The fraction of sp³-hybridized carbons (Fsp3) is 0.143. The summed E-state index contributed by atoms with van der Waals surface area (Å²) in [5.41, 5.74) is 2.69. The van der Waals surface area contributed by atoms with Crippen molar-refractivity contribution in [1.29, 1.82) is 0 Å². The van der Waals surface area contributed by atoms with E-state index in [1.54, 1.807) is 18.2 Å². The molecular formula is C14H14N2O3. The van der Waals surface area contributed by atoms with Crippen LogP contribution in [0.25, 0.3) is 0 Å². The van der Waals surface area contributed by atoms with Crippen LogP contribution in [-0.4, -0.2) is 10.0 Å². The Kier molecular flexibility index (Phi) is 3.66. The minimum Gasteiger partial charge on any atom is -0.508 e. The summed E-state index contributed by atoms with van der Waals surface area (Å²) < 4.78 is 0. The number of phenolic OH excluding ortho intramolecular Hbond substituents is 1. The molecule has 0 heterocycles. The van der Waals surface area contributed by atoms with E-state index in [1.165, 1.54) is 12.1 Å². The summed E-state index contributed by atoms with van der Waals surface area (Å²) >= 11 is 0. The maximum atomic E-state index is 10.5. The highest BCUT2D eigenvalue weighted by atomic mass is 16.6. The topological polar surface area (TPSA) is 75.4 Å². The second-order valence-corrected chi connectivity index (χ2v) is 4.29. The fourth-order valence-corrected chi connectivity index (χ4v) is 1.75. The van der Waals surface area contributed by atoms with Crippen molar-refractivity contribution in [3.05, 3.63) is 63.7 Å². The molecule has 5 heteroatoms. The maximum absolute atomic E-state index is 10.5. The number of nitrogens with one attached hydrogen (secondary N) is 1. The van der Waals surface area contributed by atoms with Gasteiger partial charge in [0.05, 0.1) is 4.92 Å². The largest absolute Gasteiger partial charge is 0.508 e. The molecule has 0 saturated carbocycles. The molecule has 0 unspecified atom stereocenters. The lowest BCUT2D eigenvalue weighted by Crippen LogP contribution is -2.00. The number of phenols is 1. The third-order valence-electron chi connectivity index (χ3n) is 2.80. The Balaban J connectivity index is 2.06. The van der Waals surface area contributed by atoms with Crippen LogP contribution in [0.3, 0.4) is 0 Å². The van der Waals surface area contributed by atoms with E-state index in [2.05, 4.69) is 5.32 Å². The number of hydrogen-bond acceptors (Lipinski definition) is 4. The molecular weight excluding hydrogens is 244 g/mol. The van der Waals surface area contributed by atoms with Gasteiger partial charge in [-0.1, -0.05) is 17.7 Å². The van der Waals surface area contributed by atoms with Gasteiger partial charge in [-0.2, -0.15) is 0 Å². The molecule has 2 aromatic rings. The molecule has 0 radical (unpaired) electrons. The van der Waals surface area contributed by atoms with Crippen LogP contribution in [0.4, 0.5) is 11.4 Å². The molecule has 19 heavy (non-hydrogen) atoms. The number of aryl methyl sites for hydroxylation is 1. The summed E-state index contributed by atoms with van der Waals surface area (Å²) in [6.45, 7) is 2.42. The average molecular weight is 258 g/mol. The van der Waals surface area contributed by atoms with Gasteiger partial charge >= 0.3 is 0 Å². The van der Waals surface area contributed by atoms with E-state index in [4.69, 9.17) is 0 Å². The summed E-state index contributed by atoms with van der Waals surface area (Å²) in [5.74, 6) is 0.236. The number of aromatic hydroxyl groups is 1. The molecule has 98 valence electrons. The second kappa shape index (κ2) is 5.39. The predicted octanol–water partition coefficient (Wildman–Crippen LogP) is 3.22. The molecule has 0 bridgehead atoms. The first kappa shape index (κ1) is 12.9. The van der Waals surface area contributed by atoms with Crippen LogP contribution in [0.2, 0.25) is 0 Å². The van der Waals surface area contributed by atoms with Gasteiger partial charge in [-0.05, 0) is 25.1 Å². The second-order valence-electron chi connectivity index (χ2n) is 4.29. The van der Waals surface area contributed by atoms with Gasteiger partial charge in [0.25, 0.3) is 5.69 Å². The summed E-state index contributed by atoms with van der Waals surface area (Å²) in [6, 6.07) is 11.6. The van der Waals surface area contributed by atoms with Gasteiger partial charge in [0.1, 0.15) is 5.75 Å². The Labute approximate surface area is 110 Å². The van der Waals surface area contributed by atoms with Gasteiger partial charge in [-0.25, -0.2) is 0 Å². The lowest BCUT2D eigenvalue weighted by atomic mass is 10.1. The molecule has 0 aliphatic heterocycles. The third kappa shape index (κ3) is 3.22. The number of nitro benzene ring substituents is 1. The molecule has 0 fully saturated rings. The number of benzene rings is 2. The molecule has 2 aromatic carbocycles. The summed E-state index contributed by atoms with van der Waals surface area (Å²) in [5, 5.41) is 23.3. The van der Waals surface area contributed by atoms with Crippen molar-refractivity contribution in [2.45, 2.75) is 13.5 Å². The van der Waals surface area contributed by atoms with Gasteiger partial charge in [0, 0.05) is 29.9 Å². The Morgan fingerprint density at radius 1 is 1.21 bits per heavy atom. The lowest BCUT2D eigenvalue weighted by Gasteiger charge is -2.08. The first-order valence-electron chi connectivity index (χ1n) is 5.83. The minimum atomic E-state index is -0.434. The molecule has 0 aromatic heterocycles. The van der Waals surface area contributed by atoms with Gasteiger partial charge in [-0.3, -0.25) is 10.1 Å². The molecule has 0 amide bonds. The molecule has 5 nitrogen and oxygen atoms in total. The molecule has 0 aliphatic carbocycles. The summed E-state index contributed by atoms with van der Waals surface area (Å²) in [6.07, 6.45) is 0. The SMILES string of the molecule is Cc1ccc(O)c(CNc2ccc([N+](=O)[O-])cc2)c1. The van der Waals surface area contributed by atoms with Crippen LogP contribution < -0.4 is 5.32 Å². The van der Waals surface area contributed by atoms with E-state index in [9.17, 15) is 15.2 Å². The Morgan fingerprint density at radius 2 is 1.89 bits per heavy atom. The van der Waals surface area contributed by atoms with Crippen LogP contribution in [0.5, 0.6) is 5.75 Å². The normalized spacial score (nSPS) is 10.2. The monoisotopic (exact) mass is 258 g/mol. The van der Waals surface area contributed by atoms with Crippen molar-refractivity contribution in [3.63, 3.8) is 0 Å². The predicted molar refractivity (Wildman–Crippen MR) is 73.3 cm³/mol. The van der Waals surface area contributed by atoms with Gasteiger partial charge in [0.15, 0.2) is 0 Å². The zero-order valence-electron chi connectivity index (χ0n) is 10.5. The molecule has 2 rings (SSSR count). The van der Waals surface area contributed by atoms with E-state index >= 15 is 0 Å². The highest BCUT2D eigenvalue weighted by Gasteiger charge is 2.05. The number of nitro groups is 1. The summed E-state index contributed by atoms with van der Waals surface area (Å²) in [4.78, 5) is 10.1. The minimum absolute atomic E-state index is 0.0592. The maximum Gasteiger partial charge on any atom is 0.269 e. The molecule has 0 atom stereocenters. The third-order valence-corrected chi connectivity index (χ3v) is 2.80. The van der Waals surface area contributed by atoms with Gasteiger partial charge in [0.2, 0.25) is 0 Å². The quantitative estimate of drug-likeness (QED) is 0.652. The number of hydrogen-bond donors (Lipinski definition) is 2. The highest BCUT2D eigenvalue weighted by molar-refractivity contribution is 5.49. The van der Waals surface area contributed by atoms with Crippen molar-refractivity contribution in [2.24, 2.45) is 0 Å². The molecule has 0 spiro atoms. The smallest absolute Gasteiger partial charge is 0.269 e. The van der Waals surface area contributed by atoms with Crippen molar-refractivity contribution in [1.82, 2.24) is 0 Å². The zero-order chi connectivity index (χ0) is 13.8. The Hall–Kier alpha value is -2.56. The Bertz CT molecular complexity index is 594. The molecule has 0 aliphatic rings. The molecule has 2 N–H and O–H groups in total. The molecule has 0 saturated heterocycles. The van der Waals surface area contributed by atoms with E-state index in [0.29, 0.717) is 6.54 Å². The number of non-ortho nitro benzene ring substituents is 1. The number of anilines is 1. The standard InChI is InChI=1S/C14H14N2O3/c1-10-2-7-14(17)11(8-10)9-15-12-3-5-13(6-4-12)16(18)19/h2-8,15,17H,9H2,1H3. The van der Waals surface area contributed by atoms with Crippen LogP contribution >= 0.6 is 0 Å². The number of nitrogens with zero attached hydrogens (tertiary/aromatic N) is 1. The van der Waals surface area contributed by atoms with Gasteiger partial charge < -0.3 is 10.4 Å². The number of rotatable bonds is 4.